The molecule has 0 fully saturated rings. The minimum Gasteiger partial charge on any atom is -0.456 e. The van der Waals surface area contributed by atoms with Crippen molar-refractivity contribution < 1.29 is 12.8 Å². The highest BCUT2D eigenvalue weighted by Crippen LogP contribution is 2.42. The summed E-state index contributed by atoms with van der Waals surface area (Å²) in [5, 5.41) is 4.52. The molecule has 9 rings (SSSR count). The maximum absolute atomic E-state index is 13.3. The van der Waals surface area contributed by atoms with Crippen molar-refractivity contribution in [3.63, 3.8) is 0 Å². The van der Waals surface area contributed by atoms with E-state index in [1.54, 1.807) is 0 Å². The number of aromatic nitrogens is 1. The molecule has 0 amide bonds. The Morgan fingerprint density at radius 2 is 1.14 bits per heavy atom. The summed E-state index contributed by atoms with van der Waals surface area (Å²) in [5.41, 5.74) is 10.6. The predicted octanol–water partition coefficient (Wildman–Crippen LogP) is 9.45. The van der Waals surface area contributed by atoms with Crippen molar-refractivity contribution in [1.29, 1.82) is 0 Å². The van der Waals surface area contributed by atoms with Gasteiger partial charge in [0, 0.05) is 27.2 Å². The van der Waals surface area contributed by atoms with E-state index in [0.717, 1.165) is 72.0 Å². The van der Waals surface area contributed by atoms with Crippen LogP contribution in [0.25, 0.3) is 71.7 Å². The van der Waals surface area contributed by atoms with E-state index in [2.05, 4.69) is 83.4 Å². The fraction of sp³-hybridized carbons (Fsp3) is 0.0526. The van der Waals surface area contributed by atoms with Crippen LogP contribution in [0.15, 0.2) is 132 Å². The van der Waals surface area contributed by atoms with Crippen LogP contribution in [0.3, 0.4) is 0 Å². The third-order valence-electron chi connectivity index (χ3n) is 8.80. The second kappa shape index (κ2) is 8.93. The molecule has 2 aromatic heterocycles. The lowest BCUT2D eigenvalue weighted by Gasteiger charge is -2.15. The van der Waals surface area contributed by atoms with Crippen molar-refractivity contribution in [3.8, 4) is 27.9 Å². The predicted molar refractivity (Wildman–Crippen MR) is 175 cm³/mol. The third kappa shape index (κ3) is 3.71. The Bertz CT molecular complexity index is 2480. The Morgan fingerprint density at radius 3 is 1.88 bits per heavy atom. The number of rotatable bonds is 2. The molecule has 5 heteroatoms. The molecule has 0 bridgehead atoms. The minimum atomic E-state index is -3.34. The molecule has 4 nitrogen and oxygen atoms in total. The second-order valence-corrected chi connectivity index (χ2v) is 13.5. The summed E-state index contributed by atoms with van der Waals surface area (Å²) < 4.78 is 35.0. The van der Waals surface area contributed by atoms with Crippen LogP contribution in [0.2, 0.25) is 0 Å². The van der Waals surface area contributed by atoms with Gasteiger partial charge in [0.05, 0.1) is 22.5 Å². The summed E-state index contributed by atoms with van der Waals surface area (Å²) >= 11 is 0. The molecule has 43 heavy (non-hydrogen) atoms. The molecule has 0 radical (unpaired) electrons. The molecule has 0 atom stereocenters. The van der Waals surface area contributed by atoms with E-state index in [4.69, 9.17) is 4.42 Å². The number of nitrogens with zero attached hydrogens (tertiary/aromatic N) is 1. The van der Waals surface area contributed by atoms with Crippen molar-refractivity contribution in [1.82, 2.24) is 4.57 Å². The number of para-hydroxylation sites is 3. The van der Waals surface area contributed by atoms with Crippen molar-refractivity contribution in [2.75, 3.05) is 0 Å². The summed E-state index contributed by atoms with van der Waals surface area (Å²) in [6, 6.07) is 43.6. The van der Waals surface area contributed by atoms with E-state index in [-0.39, 0.29) is 11.5 Å². The first-order valence-corrected chi connectivity index (χ1v) is 16.2. The van der Waals surface area contributed by atoms with Gasteiger partial charge in [-0.05, 0) is 75.8 Å². The van der Waals surface area contributed by atoms with Crippen molar-refractivity contribution in [3.05, 3.63) is 139 Å². The van der Waals surface area contributed by atoms with Gasteiger partial charge < -0.3 is 8.98 Å². The van der Waals surface area contributed by atoms with E-state index < -0.39 is 9.84 Å². The van der Waals surface area contributed by atoms with E-state index in [1.807, 2.05) is 48.5 Å². The molecule has 6 aromatic carbocycles. The maximum Gasteiger partial charge on any atom is 0.158 e. The molecule has 0 N–H and O–H groups in total. The topological polar surface area (TPSA) is 52.2 Å². The first-order valence-electron chi connectivity index (χ1n) is 14.4. The van der Waals surface area contributed by atoms with Crippen LogP contribution in [0.4, 0.5) is 0 Å². The van der Waals surface area contributed by atoms with Crippen LogP contribution in [0.5, 0.6) is 0 Å². The van der Waals surface area contributed by atoms with Gasteiger partial charge in [0.15, 0.2) is 9.84 Å². The Hall–Kier alpha value is -5.13. The molecule has 206 valence electrons. The number of sulfone groups is 1. The Balaban J connectivity index is 1.31. The van der Waals surface area contributed by atoms with Gasteiger partial charge in [0.2, 0.25) is 0 Å². The molecule has 0 spiro atoms. The number of furan rings is 1. The van der Waals surface area contributed by atoms with Crippen molar-refractivity contribution >= 4 is 53.6 Å². The molecule has 8 aromatic rings. The molecular formula is C38H25NO3S. The van der Waals surface area contributed by atoms with Gasteiger partial charge in [-0.25, -0.2) is 8.42 Å². The molecule has 3 heterocycles. The highest BCUT2D eigenvalue weighted by Gasteiger charge is 2.25. The van der Waals surface area contributed by atoms with E-state index in [9.17, 15) is 8.42 Å². The summed E-state index contributed by atoms with van der Waals surface area (Å²) in [4.78, 5) is 0. The fourth-order valence-corrected chi connectivity index (χ4v) is 8.49. The number of hydrogen-bond donors (Lipinski definition) is 0. The maximum atomic E-state index is 13.3. The lowest BCUT2D eigenvalue weighted by atomic mass is 9.91. The van der Waals surface area contributed by atoms with Gasteiger partial charge in [0.1, 0.15) is 11.2 Å². The second-order valence-electron chi connectivity index (χ2n) is 11.4. The summed E-state index contributed by atoms with van der Waals surface area (Å²) in [5.74, 6) is 0.0304. The number of benzene rings is 6. The highest BCUT2D eigenvalue weighted by molar-refractivity contribution is 7.89. The average molecular weight is 576 g/mol. The number of fused-ring (bicyclic) bond motifs is 9. The zero-order valence-electron chi connectivity index (χ0n) is 23.1. The van der Waals surface area contributed by atoms with E-state index in [0.29, 0.717) is 0 Å². The van der Waals surface area contributed by atoms with Crippen LogP contribution in [0.1, 0.15) is 11.1 Å². The lowest BCUT2D eigenvalue weighted by molar-refractivity contribution is 0.595. The Kier molecular flexibility index (Phi) is 5.08. The monoisotopic (exact) mass is 575 g/mol. The summed E-state index contributed by atoms with van der Waals surface area (Å²) in [6.07, 6.45) is 0. The molecule has 0 aliphatic carbocycles. The standard InChI is InChI=1S/C38H25NO3S/c40-43(41)22-25-17-16-24(28-11-7-15-37-38(28)31-10-3-6-14-36(31)42-37)20-32(25)33-21-27(19-18-26(33)23-43)39-34-12-4-1-8-29(34)30-9-2-5-13-35(30)39/h1-21H,22-23H2. The van der Waals surface area contributed by atoms with Gasteiger partial charge in [-0.3, -0.25) is 0 Å². The van der Waals surface area contributed by atoms with Crippen LogP contribution in [-0.2, 0) is 21.3 Å². The van der Waals surface area contributed by atoms with Gasteiger partial charge in [-0.15, -0.1) is 0 Å². The Labute approximate surface area is 248 Å². The molecule has 0 saturated carbocycles. The smallest absolute Gasteiger partial charge is 0.158 e. The van der Waals surface area contributed by atoms with E-state index >= 15 is 0 Å². The van der Waals surface area contributed by atoms with Crippen LogP contribution in [-0.4, -0.2) is 13.0 Å². The third-order valence-corrected chi connectivity index (χ3v) is 10.3. The number of hydrogen-bond acceptors (Lipinski definition) is 3. The average Bonchev–Trinajstić information content (AvgIpc) is 3.54. The van der Waals surface area contributed by atoms with Gasteiger partial charge >= 0.3 is 0 Å². The quantitative estimate of drug-likeness (QED) is 0.206. The van der Waals surface area contributed by atoms with Crippen molar-refractivity contribution in [2.45, 2.75) is 11.5 Å². The van der Waals surface area contributed by atoms with Crippen molar-refractivity contribution in [2.24, 2.45) is 0 Å². The molecular weight excluding hydrogens is 550 g/mol. The SMILES string of the molecule is O=S1(=O)Cc2ccc(-c3cccc4oc5ccccc5c34)cc2-c2cc(-n3c4ccccc4c4ccccc43)ccc2C1. The summed E-state index contributed by atoms with van der Waals surface area (Å²) in [7, 11) is -3.34. The molecule has 0 unspecified atom stereocenters. The van der Waals surface area contributed by atoms with Crippen LogP contribution < -0.4 is 0 Å². The van der Waals surface area contributed by atoms with Gasteiger partial charge in [-0.1, -0.05) is 84.9 Å². The van der Waals surface area contributed by atoms with Crippen LogP contribution in [0, 0.1) is 0 Å². The van der Waals surface area contributed by atoms with Gasteiger partial charge in [0.25, 0.3) is 0 Å². The first-order chi connectivity index (χ1) is 21.0. The van der Waals surface area contributed by atoms with E-state index in [1.165, 1.54) is 10.8 Å². The first kappa shape index (κ1) is 24.5. The zero-order chi connectivity index (χ0) is 28.7. The molecule has 1 aliphatic heterocycles. The fourth-order valence-electron chi connectivity index (χ4n) is 6.94. The molecule has 1 aliphatic rings. The summed E-state index contributed by atoms with van der Waals surface area (Å²) in [6.45, 7) is 0. The molecule has 0 saturated heterocycles. The largest absolute Gasteiger partial charge is 0.456 e. The Morgan fingerprint density at radius 1 is 0.535 bits per heavy atom. The zero-order valence-corrected chi connectivity index (χ0v) is 23.9. The van der Waals surface area contributed by atoms with Crippen LogP contribution >= 0.6 is 0 Å². The highest BCUT2D eigenvalue weighted by atomic mass is 32.2. The minimum absolute atomic E-state index is 0.0147. The lowest BCUT2D eigenvalue weighted by Crippen LogP contribution is -2.05. The van der Waals surface area contributed by atoms with Gasteiger partial charge in [-0.2, -0.15) is 0 Å². The normalized spacial score (nSPS) is 14.2.